The van der Waals surface area contributed by atoms with Crippen LogP contribution in [-0.2, 0) is 10.0 Å². The van der Waals surface area contributed by atoms with Crippen molar-refractivity contribution in [3.05, 3.63) is 29.8 Å². The van der Waals surface area contributed by atoms with Crippen LogP contribution >= 0.6 is 0 Å². The lowest BCUT2D eigenvalue weighted by Crippen LogP contribution is -2.41. The SMILES string of the molecule is CCN(C1CCNC1)S(=O)(=O)c1ccc(C(=O)NC)cc1. The average molecular weight is 311 g/mol. The van der Waals surface area contributed by atoms with Crippen LogP contribution in [0.15, 0.2) is 29.2 Å². The quantitative estimate of drug-likeness (QED) is 0.826. The van der Waals surface area contributed by atoms with Crippen LogP contribution < -0.4 is 10.6 Å². The second-order valence-electron chi connectivity index (χ2n) is 4.96. The van der Waals surface area contributed by atoms with Gasteiger partial charge in [-0.15, -0.1) is 0 Å². The summed E-state index contributed by atoms with van der Waals surface area (Å²) in [5.74, 6) is -0.230. The fraction of sp³-hybridized carbons (Fsp3) is 0.500. The zero-order chi connectivity index (χ0) is 15.5. The molecule has 1 aromatic rings. The Kier molecular flexibility index (Phi) is 4.97. The molecule has 1 heterocycles. The molecule has 21 heavy (non-hydrogen) atoms. The van der Waals surface area contributed by atoms with Gasteiger partial charge >= 0.3 is 0 Å². The maximum atomic E-state index is 12.7. The Balaban J connectivity index is 2.27. The Hall–Kier alpha value is -1.44. The molecule has 1 unspecified atom stereocenters. The molecule has 1 atom stereocenters. The van der Waals surface area contributed by atoms with E-state index in [0.29, 0.717) is 18.7 Å². The van der Waals surface area contributed by atoms with Crippen LogP contribution in [-0.4, -0.2) is 51.4 Å². The van der Waals surface area contributed by atoms with E-state index < -0.39 is 10.0 Å². The summed E-state index contributed by atoms with van der Waals surface area (Å²) in [4.78, 5) is 11.7. The lowest BCUT2D eigenvalue weighted by atomic mass is 10.2. The molecular formula is C14H21N3O3S. The van der Waals surface area contributed by atoms with E-state index in [1.807, 2.05) is 6.92 Å². The minimum absolute atomic E-state index is 0.00128. The summed E-state index contributed by atoms with van der Waals surface area (Å²) in [6, 6.07) is 6.05. The van der Waals surface area contributed by atoms with Crippen molar-refractivity contribution < 1.29 is 13.2 Å². The first-order valence-corrected chi connectivity index (χ1v) is 8.49. The lowest BCUT2D eigenvalue weighted by molar-refractivity contribution is 0.0963. The van der Waals surface area contributed by atoms with E-state index in [2.05, 4.69) is 10.6 Å². The third kappa shape index (κ3) is 3.25. The molecule has 0 spiro atoms. The minimum atomic E-state index is -3.52. The first-order valence-electron chi connectivity index (χ1n) is 7.05. The number of hydrogen-bond donors (Lipinski definition) is 2. The number of rotatable bonds is 5. The smallest absolute Gasteiger partial charge is 0.251 e. The van der Waals surface area contributed by atoms with Gasteiger partial charge in [0.1, 0.15) is 0 Å². The maximum Gasteiger partial charge on any atom is 0.251 e. The summed E-state index contributed by atoms with van der Waals surface area (Å²) in [6.07, 6.45) is 0.823. The monoisotopic (exact) mass is 311 g/mol. The Labute approximate surface area is 125 Å². The van der Waals surface area contributed by atoms with Gasteiger partial charge in [-0.05, 0) is 37.2 Å². The first-order chi connectivity index (χ1) is 10.0. The molecule has 1 fully saturated rings. The maximum absolute atomic E-state index is 12.7. The molecule has 1 amide bonds. The summed E-state index contributed by atoms with van der Waals surface area (Å²) >= 11 is 0. The van der Waals surface area contributed by atoms with Crippen LogP contribution in [0.5, 0.6) is 0 Å². The molecule has 0 aromatic heterocycles. The second-order valence-corrected chi connectivity index (χ2v) is 6.85. The second kappa shape index (κ2) is 6.55. The van der Waals surface area contributed by atoms with Crippen molar-refractivity contribution >= 4 is 15.9 Å². The molecule has 2 rings (SSSR count). The standard InChI is InChI=1S/C14H21N3O3S/c1-3-17(12-8-9-16-10-12)21(19,20)13-6-4-11(5-7-13)14(18)15-2/h4-7,12,16H,3,8-10H2,1-2H3,(H,15,18). The van der Waals surface area contributed by atoms with Crippen LogP contribution in [0.1, 0.15) is 23.7 Å². The van der Waals surface area contributed by atoms with Gasteiger partial charge in [0.2, 0.25) is 10.0 Å². The average Bonchev–Trinajstić information content (AvgIpc) is 3.01. The van der Waals surface area contributed by atoms with Gasteiger partial charge in [-0.2, -0.15) is 4.31 Å². The Morgan fingerprint density at radius 1 is 1.38 bits per heavy atom. The highest BCUT2D eigenvalue weighted by Gasteiger charge is 2.31. The summed E-state index contributed by atoms with van der Waals surface area (Å²) < 4.78 is 26.9. The number of carbonyl (C=O) groups excluding carboxylic acids is 1. The normalized spacial score (nSPS) is 18.9. The Morgan fingerprint density at radius 2 is 2.05 bits per heavy atom. The van der Waals surface area contributed by atoms with Crippen molar-refractivity contribution in [3.63, 3.8) is 0 Å². The van der Waals surface area contributed by atoms with Crippen molar-refractivity contribution in [3.8, 4) is 0 Å². The van der Waals surface area contributed by atoms with Gasteiger partial charge in [0.15, 0.2) is 0 Å². The van der Waals surface area contributed by atoms with E-state index in [1.165, 1.54) is 28.6 Å². The van der Waals surface area contributed by atoms with E-state index in [-0.39, 0.29) is 16.8 Å². The number of nitrogens with zero attached hydrogens (tertiary/aromatic N) is 1. The van der Waals surface area contributed by atoms with Crippen LogP contribution in [0.4, 0.5) is 0 Å². The van der Waals surface area contributed by atoms with Gasteiger partial charge < -0.3 is 10.6 Å². The van der Waals surface area contributed by atoms with Gasteiger partial charge in [0.05, 0.1) is 4.90 Å². The summed E-state index contributed by atoms with van der Waals surface area (Å²) in [5.41, 5.74) is 0.446. The van der Waals surface area contributed by atoms with Gasteiger partial charge in [-0.3, -0.25) is 4.79 Å². The summed E-state index contributed by atoms with van der Waals surface area (Å²) in [5, 5.41) is 5.69. The zero-order valence-electron chi connectivity index (χ0n) is 12.3. The van der Waals surface area contributed by atoms with Crippen molar-refractivity contribution in [1.29, 1.82) is 0 Å². The van der Waals surface area contributed by atoms with E-state index in [1.54, 1.807) is 7.05 Å². The Morgan fingerprint density at radius 3 is 2.52 bits per heavy atom. The number of nitrogens with one attached hydrogen (secondary N) is 2. The van der Waals surface area contributed by atoms with E-state index in [0.717, 1.165) is 13.0 Å². The van der Waals surface area contributed by atoms with Crippen molar-refractivity contribution in [1.82, 2.24) is 14.9 Å². The number of carbonyl (C=O) groups is 1. The third-order valence-electron chi connectivity index (χ3n) is 3.70. The molecular weight excluding hydrogens is 290 g/mol. The molecule has 0 radical (unpaired) electrons. The molecule has 1 saturated heterocycles. The third-order valence-corrected chi connectivity index (χ3v) is 5.75. The molecule has 0 bridgehead atoms. The summed E-state index contributed by atoms with van der Waals surface area (Å²) in [6.45, 7) is 3.80. The number of sulfonamides is 1. The van der Waals surface area contributed by atoms with Gasteiger partial charge in [0.25, 0.3) is 5.91 Å². The number of benzene rings is 1. The highest BCUT2D eigenvalue weighted by molar-refractivity contribution is 7.89. The van der Waals surface area contributed by atoms with Gasteiger partial charge in [-0.25, -0.2) is 8.42 Å². The van der Waals surface area contributed by atoms with Gasteiger partial charge in [-0.1, -0.05) is 6.92 Å². The van der Waals surface area contributed by atoms with E-state index >= 15 is 0 Å². The molecule has 1 aliphatic rings. The van der Waals surface area contributed by atoms with Crippen LogP contribution in [0.2, 0.25) is 0 Å². The topological polar surface area (TPSA) is 78.5 Å². The van der Waals surface area contributed by atoms with Crippen LogP contribution in [0, 0.1) is 0 Å². The molecule has 0 aliphatic carbocycles. The van der Waals surface area contributed by atoms with Crippen molar-refractivity contribution in [2.45, 2.75) is 24.3 Å². The molecule has 1 aromatic carbocycles. The summed E-state index contributed by atoms with van der Waals surface area (Å²) in [7, 11) is -1.98. The van der Waals surface area contributed by atoms with Gasteiger partial charge in [0, 0.05) is 31.7 Å². The number of amides is 1. The molecule has 1 aliphatic heterocycles. The zero-order valence-corrected chi connectivity index (χ0v) is 13.1. The predicted molar refractivity (Wildman–Crippen MR) is 80.7 cm³/mol. The minimum Gasteiger partial charge on any atom is -0.355 e. The molecule has 6 nitrogen and oxygen atoms in total. The van der Waals surface area contributed by atoms with Crippen molar-refractivity contribution in [2.75, 3.05) is 26.7 Å². The lowest BCUT2D eigenvalue weighted by Gasteiger charge is -2.26. The fourth-order valence-electron chi connectivity index (χ4n) is 2.57. The van der Waals surface area contributed by atoms with E-state index in [4.69, 9.17) is 0 Å². The highest BCUT2D eigenvalue weighted by atomic mass is 32.2. The predicted octanol–water partition coefficient (Wildman–Crippen LogP) is 0.419. The molecule has 2 N–H and O–H groups in total. The van der Waals surface area contributed by atoms with Crippen LogP contribution in [0.25, 0.3) is 0 Å². The fourth-order valence-corrected chi connectivity index (χ4v) is 4.23. The largest absolute Gasteiger partial charge is 0.355 e. The van der Waals surface area contributed by atoms with Crippen LogP contribution in [0.3, 0.4) is 0 Å². The molecule has 7 heteroatoms. The van der Waals surface area contributed by atoms with Crippen molar-refractivity contribution in [2.24, 2.45) is 0 Å². The molecule has 0 saturated carbocycles. The first kappa shape index (κ1) is 15.9. The van der Waals surface area contributed by atoms with E-state index in [9.17, 15) is 13.2 Å². The number of hydrogen-bond acceptors (Lipinski definition) is 4. The number of likely N-dealkylation sites (N-methyl/N-ethyl adjacent to an activating group) is 1. The Bertz CT molecular complexity index is 592. The highest BCUT2D eigenvalue weighted by Crippen LogP contribution is 2.21. The molecule has 116 valence electrons.